The molecule has 1 heterocycles. The Balaban J connectivity index is 2.19. The Hall–Kier alpha value is -3.50. The summed E-state index contributed by atoms with van der Waals surface area (Å²) < 4.78 is 1.05. The summed E-state index contributed by atoms with van der Waals surface area (Å²) in [6.07, 6.45) is 3.10. The van der Waals surface area contributed by atoms with E-state index < -0.39 is 0 Å². The number of para-hydroxylation sites is 1. The van der Waals surface area contributed by atoms with Crippen LogP contribution in [-0.2, 0) is 0 Å². The van der Waals surface area contributed by atoms with Crippen LogP contribution in [0.15, 0.2) is 54.6 Å². The molecule has 0 atom stereocenters. The van der Waals surface area contributed by atoms with Crippen LogP contribution in [-0.4, -0.2) is 9.94 Å². The molecular weight excluding hydrogens is 274 g/mol. The van der Waals surface area contributed by atoms with Gasteiger partial charge in [0.1, 0.15) is 11.8 Å². The van der Waals surface area contributed by atoms with Gasteiger partial charge in [-0.1, -0.05) is 42.5 Å². The van der Waals surface area contributed by atoms with Crippen molar-refractivity contribution < 1.29 is 5.21 Å². The SMILES string of the molecule is N#C/C=C/c1ccc(-c2c(C#N)c3ccccc3n2O)cc1. The van der Waals surface area contributed by atoms with Gasteiger partial charge in [0, 0.05) is 17.0 Å². The van der Waals surface area contributed by atoms with Gasteiger partial charge in [-0.05, 0) is 17.7 Å². The van der Waals surface area contributed by atoms with Crippen molar-refractivity contribution >= 4 is 17.0 Å². The average molecular weight is 285 g/mol. The first kappa shape index (κ1) is 13.5. The zero-order chi connectivity index (χ0) is 15.5. The highest BCUT2D eigenvalue weighted by Gasteiger charge is 2.17. The first-order chi connectivity index (χ1) is 10.8. The van der Waals surface area contributed by atoms with Gasteiger partial charge in [0.15, 0.2) is 0 Å². The molecule has 22 heavy (non-hydrogen) atoms. The summed E-state index contributed by atoms with van der Waals surface area (Å²) in [6, 6.07) is 18.6. The van der Waals surface area contributed by atoms with Crippen LogP contribution in [0.2, 0.25) is 0 Å². The number of rotatable bonds is 2. The van der Waals surface area contributed by atoms with Crippen LogP contribution < -0.4 is 0 Å². The molecule has 1 aromatic heterocycles. The van der Waals surface area contributed by atoms with Crippen LogP contribution in [0.3, 0.4) is 0 Å². The van der Waals surface area contributed by atoms with E-state index in [-0.39, 0.29) is 0 Å². The van der Waals surface area contributed by atoms with Gasteiger partial charge in [0.2, 0.25) is 0 Å². The molecule has 3 aromatic rings. The van der Waals surface area contributed by atoms with Gasteiger partial charge in [-0.2, -0.15) is 15.3 Å². The van der Waals surface area contributed by atoms with Crippen molar-refractivity contribution in [3.8, 4) is 23.4 Å². The molecule has 104 valence electrons. The van der Waals surface area contributed by atoms with Gasteiger partial charge < -0.3 is 5.21 Å². The van der Waals surface area contributed by atoms with Crippen molar-refractivity contribution in [3.63, 3.8) is 0 Å². The van der Waals surface area contributed by atoms with Gasteiger partial charge in [0.25, 0.3) is 0 Å². The third-order valence-electron chi connectivity index (χ3n) is 3.50. The normalized spacial score (nSPS) is 10.6. The molecule has 0 fully saturated rings. The maximum atomic E-state index is 10.4. The van der Waals surface area contributed by atoms with Gasteiger partial charge >= 0.3 is 0 Å². The molecular formula is C18H11N3O. The quantitative estimate of drug-likeness (QED) is 0.572. The summed E-state index contributed by atoms with van der Waals surface area (Å²) in [5.74, 6) is 0. The lowest BCUT2D eigenvalue weighted by Gasteiger charge is -2.04. The molecule has 0 amide bonds. The molecule has 2 aromatic carbocycles. The van der Waals surface area contributed by atoms with E-state index in [0.717, 1.165) is 21.2 Å². The first-order valence-corrected chi connectivity index (χ1v) is 6.65. The summed E-state index contributed by atoms with van der Waals surface area (Å²) in [5, 5.41) is 29.1. The summed E-state index contributed by atoms with van der Waals surface area (Å²) >= 11 is 0. The lowest BCUT2D eigenvalue weighted by atomic mass is 10.0. The standard InChI is InChI=1S/C18H11N3O/c19-11-3-4-13-7-9-14(10-8-13)18-16(12-20)15-5-1-2-6-17(15)21(18)22/h1-10,22H/b4-3+. The van der Waals surface area contributed by atoms with Gasteiger partial charge in [0.05, 0.1) is 17.1 Å². The maximum Gasteiger partial charge on any atom is 0.106 e. The van der Waals surface area contributed by atoms with Crippen LogP contribution >= 0.6 is 0 Å². The predicted octanol–water partition coefficient (Wildman–Crippen LogP) is 3.95. The minimum Gasteiger partial charge on any atom is -0.428 e. The third kappa shape index (κ3) is 2.09. The minimum absolute atomic E-state index is 0.443. The molecule has 0 bridgehead atoms. The second-order valence-corrected chi connectivity index (χ2v) is 4.75. The number of hydrogen-bond donors (Lipinski definition) is 1. The highest BCUT2D eigenvalue weighted by atomic mass is 16.5. The monoisotopic (exact) mass is 285 g/mol. The predicted molar refractivity (Wildman–Crippen MR) is 83.9 cm³/mol. The topological polar surface area (TPSA) is 72.7 Å². The smallest absolute Gasteiger partial charge is 0.106 e. The molecule has 0 aliphatic rings. The fourth-order valence-corrected chi connectivity index (χ4v) is 2.49. The van der Waals surface area contributed by atoms with Crippen LogP contribution in [0, 0.1) is 22.7 Å². The van der Waals surface area contributed by atoms with Crippen molar-refractivity contribution in [3.05, 3.63) is 65.7 Å². The Morgan fingerprint density at radius 3 is 2.41 bits per heavy atom. The number of nitriles is 2. The first-order valence-electron chi connectivity index (χ1n) is 6.65. The fourth-order valence-electron chi connectivity index (χ4n) is 2.49. The zero-order valence-corrected chi connectivity index (χ0v) is 11.6. The Bertz CT molecular complexity index is 951. The van der Waals surface area contributed by atoms with Crippen molar-refractivity contribution in [1.29, 1.82) is 10.5 Å². The molecule has 0 saturated carbocycles. The van der Waals surface area contributed by atoms with E-state index in [1.807, 2.05) is 48.5 Å². The molecule has 0 aliphatic heterocycles. The highest BCUT2D eigenvalue weighted by molar-refractivity contribution is 5.94. The van der Waals surface area contributed by atoms with Crippen LogP contribution in [0.4, 0.5) is 0 Å². The van der Waals surface area contributed by atoms with Gasteiger partial charge in [-0.3, -0.25) is 0 Å². The van der Waals surface area contributed by atoms with Gasteiger partial charge in [-0.15, -0.1) is 0 Å². The summed E-state index contributed by atoms with van der Waals surface area (Å²) in [7, 11) is 0. The number of benzene rings is 2. The van der Waals surface area contributed by atoms with Crippen LogP contribution in [0.1, 0.15) is 11.1 Å². The second kappa shape index (κ2) is 5.47. The molecule has 0 aliphatic carbocycles. The molecule has 0 radical (unpaired) electrons. The van der Waals surface area contributed by atoms with E-state index in [1.165, 1.54) is 6.08 Å². The molecule has 0 saturated heterocycles. The Kier molecular flexibility index (Phi) is 3.35. The van der Waals surface area contributed by atoms with E-state index in [0.29, 0.717) is 16.8 Å². The molecule has 1 N–H and O–H groups in total. The lowest BCUT2D eigenvalue weighted by Crippen LogP contribution is -1.94. The summed E-state index contributed by atoms with van der Waals surface area (Å²) in [5.41, 5.74) is 3.13. The van der Waals surface area contributed by atoms with Crippen molar-refractivity contribution in [2.75, 3.05) is 0 Å². The molecule has 4 nitrogen and oxygen atoms in total. The van der Waals surface area contributed by atoms with Crippen molar-refractivity contribution in [2.24, 2.45) is 0 Å². The lowest BCUT2D eigenvalue weighted by molar-refractivity contribution is 0.204. The van der Waals surface area contributed by atoms with Crippen molar-refractivity contribution in [1.82, 2.24) is 4.73 Å². The summed E-state index contributed by atoms with van der Waals surface area (Å²) in [6.45, 7) is 0. The third-order valence-corrected chi connectivity index (χ3v) is 3.50. The average Bonchev–Trinajstić information content (AvgIpc) is 2.86. The van der Waals surface area contributed by atoms with Gasteiger partial charge in [-0.25, -0.2) is 0 Å². The Morgan fingerprint density at radius 2 is 1.73 bits per heavy atom. The largest absolute Gasteiger partial charge is 0.428 e. The van der Waals surface area contributed by atoms with Crippen molar-refractivity contribution in [2.45, 2.75) is 0 Å². The van der Waals surface area contributed by atoms with E-state index in [4.69, 9.17) is 5.26 Å². The minimum atomic E-state index is 0.443. The van der Waals surface area contributed by atoms with E-state index in [9.17, 15) is 10.5 Å². The van der Waals surface area contributed by atoms with E-state index in [1.54, 1.807) is 12.1 Å². The van der Waals surface area contributed by atoms with E-state index >= 15 is 0 Å². The number of hydrogen-bond acceptors (Lipinski definition) is 3. The van der Waals surface area contributed by atoms with Crippen LogP contribution in [0.25, 0.3) is 28.2 Å². The number of aromatic nitrogens is 1. The molecule has 0 spiro atoms. The number of fused-ring (bicyclic) bond motifs is 1. The zero-order valence-electron chi connectivity index (χ0n) is 11.6. The summed E-state index contributed by atoms with van der Waals surface area (Å²) in [4.78, 5) is 0. The fraction of sp³-hybridized carbons (Fsp3) is 0. The Labute approximate surface area is 127 Å². The second-order valence-electron chi connectivity index (χ2n) is 4.75. The maximum absolute atomic E-state index is 10.4. The molecule has 4 heteroatoms. The molecule has 0 unspecified atom stereocenters. The van der Waals surface area contributed by atoms with Crippen LogP contribution in [0.5, 0.6) is 0 Å². The molecule has 3 rings (SSSR count). The highest BCUT2D eigenvalue weighted by Crippen LogP contribution is 2.32. The number of allylic oxidation sites excluding steroid dienone is 1. The Morgan fingerprint density at radius 1 is 1.00 bits per heavy atom. The van der Waals surface area contributed by atoms with E-state index in [2.05, 4.69) is 6.07 Å². The number of nitrogens with zero attached hydrogens (tertiary/aromatic N) is 3.